The molecule has 0 aliphatic carbocycles. The fraction of sp³-hybridized carbons (Fsp3) is 0.316. The van der Waals surface area contributed by atoms with Crippen molar-refractivity contribution in [3.8, 4) is 0 Å². The highest BCUT2D eigenvalue weighted by Crippen LogP contribution is 2.18. The lowest BCUT2D eigenvalue weighted by atomic mass is 10.2. The third-order valence-corrected chi connectivity index (χ3v) is 4.26. The molecule has 1 aromatic carbocycles. The van der Waals surface area contributed by atoms with Crippen molar-refractivity contribution in [3.63, 3.8) is 0 Å². The Morgan fingerprint density at radius 2 is 2.00 bits per heavy atom. The molecule has 2 rings (SSSR count). The molecular weight excluding hydrogens is 384 g/mol. The molecule has 0 saturated heterocycles. The molecule has 2 aromatic rings. The Balaban J connectivity index is 2.44. The van der Waals surface area contributed by atoms with Crippen molar-refractivity contribution in [2.75, 3.05) is 30.9 Å². The average molecular weight is 407 g/mol. The van der Waals surface area contributed by atoms with Gasteiger partial charge < -0.3 is 10.5 Å². The van der Waals surface area contributed by atoms with Gasteiger partial charge >= 0.3 is 5.69 Å². The first-order valence-electron chi connectivity index (χ1n) is 8.75. The largest absolute Gasteiger partial charge is 0.383 e. The van der Waals surface area contributed by atoms with Crippen LogP contribution in [0.5, 0.6) is 0 Å². The molecule has 0 unspecified atom stereocenters. The summed E-state index contributed by atoms with van der Waals surface area (Å²) in [6.45, 7) is 2.48. The van der Waals surface area contributed by atoms with Gasteiger partial charge in [-0.05, 0) is 30.2 Å². The molecule has 0 bridgehead atoms. The summed E-state index contributed by atoms with van der Waals surface area (Å²) in [5, 5.41) is 0.586. The van der Waals surface area contributed by atoms with Crippen molar-refractivity contribution in [2.24, 2.45) is 0 Å². The van der Waals surface area contributed by atoms with Gasteiger partial charge in [-0.1, -0.05) is 30.7 Å². The summed E-state index contributed by atoms with van der Waals surface area (Å²) in [7, 11) is 1.48. The van der Waals surface area contributed by atoms with Gasteiger partial charge in [0.25, 0.3) is 11.5 Å². The number of anilines is 2. The molecule has 1 aromatic heterocycles. The van der Waals surface area contributed by atoms with Gasteiger partial charge in [-0.3, -0.25) is 24.0 Å². The van der Waals surface area contributed by atoms with Crippen LogP contribution in [0.25, 0.3) is 6.08 Å². The third kappa shape index (κ3) is 5.11. The van der Waals surface area contributed by atoms with Crippen LogP contribution in [0.1, 0.15) is 18.9 Å². The zero-order valence-electron chi connectivity index (χ0n) is 15.8. The van der Waals surface area contributed by atoms with E-state index in [9.17, 15) is 14.4 Å². The van der Waals surface area contributed by atoms with Gasteiger partial charge in [0, 0.05) is 31.3 Å². The first-order valence-corrected chi connectivity index (χ1v) is 9.13. The number of nitrogens with one attached hydrogen (secondary N) is 1. The standard InChI is InChI=1S/C19H23ClN4O4/c1-3-10-24-17(21)16(18(26)22-19(24)27)23(11-12-28-2)15(25)9-6-13-4-7-14(20)8-5-13/h4-9H,3,10-12,21H2,1-2H3,(H,22,26,27)/b9-6+. The summed E-state index contributed by atoms with van der Waals surface area (Å²) < 4.78 is 6.29. The Morgan fingerprint density at radius 3 is 2.61 bits per heavy atom. The summed E-state index contributed by atoms with van der Waals surface area (Å²) >= 11 is 5.86. The second-order valence-corrected chi connectivity index (χ2v) is 6.45. The van der Waals surface area contributed by atoms with Crippen molar-refractivity contribution in [1.82, 2.24) is 9.55 Å². The van der Waals surface area contributed by atoms with Crippen molar-refractivity contribution < 1.29 is 9.53 Å². The lowest BCUT2D eigenvalue weighted by Gasteiger charge is -2.23. The number of rotatable bonds is 8. The number of nitrogen functional groups attached to an aromatic ring is 1. The van der Waals surface area contributed by atoms with Crippen LogP contribution in [0.4, 0.5) is 11.5 Å². The van der Waals surface area contributed by atoms with Crippen molar-refractivity contribution >= 4 is 35.1 Å². The first kappa shape index (κ1) is 21.5. The quantitative estimate of drug-likeness (QED) is 0.650. The molecule has 8 nitrogen and oxygen atoms in total. The molecule has 28 heavy (non-hydrogen) atoms. The van der Waals surface area contributed by atoms with Gasteiger partial charge in [-0.25, -0.2) is 4.79 Å². The number of aromatic nitrogens is 2. The van der Waals surface area contributed by atoms with Crippen LogP contribution in [-0.4, -0.2) is 35.7 Å². The molecule has 9 heteroatoms. The van der Waals surface area contributed by atoms with E-state index in [2.05, 4.69) is 4.98 Å². The van der Waals surface area contributed by atoms with Crippen LogP contribution in [0.2, 0.25) is 5.02 Å². The summed E-state index contributed by atoms with van der Waals surface area (Å²) in [6.07, 6.45) is 3.57. The molecular formula is C19H23ClN4O4. The number of halogens is 1. The summed E-state index contributed by atoms with van der Waals surface area (Å²) in [5.41, 5.74) is 5.44. The number of nitrogens with two attached hydrogens (primary N) is 1. The number of hydrogen-bond donors (Lipinski definition) is 2. The second kappa shape index (κ2) is 9.91. The Hall–Kier alpha value is -2.84. The normalized spacial score (nSPS) is 11.1. The molecule has 150 valence electrons. The highest BCUT2D eigenvalue weighted by Gasteiger charge is 2.22. The van der Waals surface area contributed by atoms with Gasteiger partial charge in [0.2, 0.25) is 0 Å². The lowest BCUT2D eigenvalue weighted by molar-refractivity contribution is -0.114. The van der Waals surface area contributed by atoms with E-state index < -0.39 is 17.2 Å². The van der Waals surface area contributed by atoms with Crippen LogP contribution < -0.4 is 21.9 Å². The smallest absolute Gasteiger partial charge is 0.330 e. The van der Waals surface area contributed by atoms with E-state index in [0.717, 1.165) is 5.56 Å². The molecule has 0 fully saturated rings. The molecule has 0 spiro atoms. The Morgan fingerprint density at radius 1 is 1.32 bits per heavy atom. The number of H-pyrrole nitrogens is 1. The SMILES string of the molecule is CCCn1c(N)c(N(CCOC)C(=O)/C=C/c2ccc(Cl)cc2)c(=O)[nH]c1=O. The second-order valence-electron chi connectivity index (χ2n) is 6.01. The minimum absolute atomic E-state index is 0.0556. The molecule has 0 atom stereocenters. The molecule has 3 N–H and O–H groups in total. The third-order valence-electron chi connectivity index (χ3n) is 4.00. The minimum atomic E-state index is -0.723. The molecule has 1 amide bonds. The molecule has 0 saturated carbocycles. The number of methoxy groups -OCH3 is 1. The number of hydrogen-bond acceptors (Lipinski definition) is 5. The monoisotopic (exact) mass is 406 g/mol. The van der Waals surface area contributed by atoms with Crippen LogP contribution in [0, 0.1) is 0 Å². The number of carbonyl (C=O) groups excluding carboxylic acids is 1. The summed E-state index contributed by atoms with van der Waals surface area (Å²) in [4.78, 5) is 40.7. The average Bonchev–Trinajstić information content (AvgIpc) is 2.66. The van der Waals surface area contributed by atoms with Crippen LogP contribution in [0.3, 0.4) is 0 Å². The summed E-state index contributed by atoms with van der Waals surface area (Å²) in [6, 6.07) is 6.93. The highest BCUT2D eigenvalue weighted by molar-refractivity contribution is 6.30. The Kier molecular flexibility index (Phi) is 7.60. The van der Waals surface area contributed by atoms with E-state index in [0.29, 0.717) is 18.0 Å². The van der Waals surface area contributed by atoms with Crippen molar-refractivity contribution in [1.29, 1.82) is 0 Å². The number of amides is 1. The number of nitrogens with zero attached hydrogens (tertiary/aromatic N) is 2. The van der Waals surface area contributed by atoms with E-state index in [4.69, 9.17) is 22.1 Å². The highest BCUT2D eigenvalue weighted by atomic mass is 35.5. The maximum atomic E-state index is 12.8. The molecule has 0 aliphatic rings. The first-order chi connectivity index (χ1) is 13.4. The van der Waals surface area contributed by atoms with Crippen molar-refractivity contribution in [2.45, 2.75) is 19.9 Å². The zero-order valence-corrected chi connectivity index (χ0v) is 16.5. The van der Waals surface area contributed by atoms with E-state index in [1.165, 1.54) is 22.7 Å². The fourth-order valence-corrected chi connectivity index (χ4v) is 2.76. The minimum Gasteiger partial charge on any atom is -0.383 e. The number of carbonyl (C=O) groups is 1. The maximum absolute atomic E-state index is 12.8. The van der Waals surface area contributed by atoms with Gasteiger partial charge in [0.15, 0.2) is 5.69 Å². The number of benzene rings is 1. The van der Waals surface area contributed by atoms with E-state index >= 15 is 0 Å². The molecule has 0 aliphatic heterocycles. The van der Waals surface area contributed by atoms with E-state index in [-0.39, 0.29) is 24.7 Å². The predicted molar refractivity (Wildman–Crippen MR) is 111 cm³/mol. The van der Waals surface area contributed by atoms with E-state index in [1.54, 1.807) is 30.3 Å². The Bertz CT molecular complexity index is 963. The summed E-state index contributed by atoms with van der Waals surface area (Å²) in [5.74, 6) is -0.522. The molecule has 0 radical (unpaired) electrons. The topological polar surface area (TPSA) is 110 Å². The van der Waals surface area contributed by atoms with Crippen LogP contribution in [-0.2, 0) is 16.1 Å². The maximum Gasteiger partial charge on any atom is 0.330 e. The Labute approximate surface area is 167 Å². The number of aromatic amines is 1. The zero-order chi connectivity index (χ0) is 20.7. The lowest BCUT2D eigenvalue weighted by Crippen LogP contribution is -2.42. The van der Waals surface area contributed by atoms with Crippen molar-refractivity contribution in [3.05, 3.63) is 61.8 Å². The van der Waals surface area contributed by atoms with Crippen LogP contribution >= 0.6 is 11.6 Å². The fourth-order valence-electron chi connectivity index (χ4n) is 2.63. The van der Waals surface area contributed by atoms with Gasteiger partial charge in [-0.2, -0.15) is 0 Å². The van der Waals surface area contributed by atoms with Gasteiger partial charge in [0.1, 0.15) is 5.82 Å². The predicted octanol–water partition coefficient (Wildman–Crippen LogP) is 1.88. The van der Waals surface area contributed by atoms with Crippen LogP contribution in [0.15, 0.2) is 39.9 Å². The number of ether oxygens (including phenoxy) is 1. The molecule has 1 heterocycles. The van der Waals surface area contributed by atoms with Gasteiger partial charge in [-0.15, -0.1) is 0 Å². The van der Waals surface area contributed by atoms with E-state index in [1.807, 2.05) is 6.92 Å². The van der Waals surface area contributed by atoms with Gasteiger partial charge in [0.05, 0.1) is 6.61 Å².